The predicted molar refractivity (Wildman–Crippen MR) is 106 cm³/mol. The molecule has 0 atom stereocenters. The van der Waals surface area contributed by atoms with Gasteiger partial charge >= 0.3 is 0 Å². The van der Waals surface area contributed by atoms with Gasteiger partial charge in [0.15, 0.2) is 5.78 Å². The standard InChI is InChI=1S/C22H15N2O3S/c1-16(25)19-11-9-17(10-12-19)7-8-18-13-20(15-23-14-18)22(26)24-28(27)21-5-3-2-4-6-21/h2-6,9-15H,1H3/q-1. The zero-order chi connectivity index (χ0) is 19.9. The van der Waals surface area contributed by atoms with Gasteiger partial charge in [-0.2, -0.15) is 10.6 Å². The zero-order valence-electron chi connectivity index (χ0n) is 15.0. The zero-order valence-corrected chi connectivity index (χ0v) is 15.8. The Morgan fingerprint density at radius 1 is 0.893 bits per heavy atom. The maximum absolute atomic E-state index is 12.3. The van der Waals surface area contributed by atoms with Crippen LogP contribution in [0.1, 0.15) is 38.8 Å². The number of aromatic nitrogens is 1. The highest BCUT2D eigenvalue weighted by Gasteiger charge is 2.03. The van der Waals surface area contributed by atoms with Crippen molar-refractivity contribution in [2.45, 2.75) is 11.8 Å². The van der Waals surface area contributed by atoms with Crippen LogP contribution in [0.15, 0.2) is 82.3 Å². The minimum atomic E-state index is -1.78. The molecule has 3 rings (SSSR count). The van der Waals surface area contributed by atoms with Gasteiger partial charge in [-0.05, 0) is 25.1 Å². The smallest absolute Gasteiger partial charge is 0.255 e. The van der Waals surface area contributed by atoms with Crippen molar-refractivity contribution in [2.24, 2.45) is 4.36 Å². The van der Waals surface area contributed by atoms with Gasteiger partial charge in [0.1, 0.15) is 0 Å². The Morgan fingerprint density at radius 3 is 2.25 bits per heavy atom. The SMILES string of the molecule is CC(=O)c1ccc(C#Cc2cncc(C(=O)N=[S-](=O)c3ccccc3)c2)cc1. The maximum atomic E-state index is 12.3. The van der Waals surface area contributed by atoms with Gasteiger partial charge in [-0.25, -0.2) is 0 Å². The van der Waals surface area contributed by atoms with Crippen LogP contribution in [0.3, 0.4) is 0 Å². The van der Waals surface area contributed by atoms with E-state index in [9.17, 15) is 13.8 Å². The molecule has 0 bridgehead atoms. The molecule has 0 unspecified atom stereocenters. The average Bonchev–Trinajstić information content (AvgIpc) is 2.73. The molecule has 28 heavy (non-hydrogen) atoms. The van der Waals surface area contributed by atoms with Gasteiger partial charge in [-0.1, -0.05) is 59.2 Å². The van der Waals surface area contributed by atoms with Gasteiger partial charge < -0.3 is 8.57 Å². The van der Waals surface area contributed by atoms with Crippen LogP contribution in [0.4, 0.5) is 0 Å². The lowest BCUT2D eigenvalue weighted by Crippen LogP contribution is -1.97. The van der Waals surface area contributed by atoms with Gasteiger partial charge in [0.05, 0.1) is 5.56 Å². The van der Waals surface area contributed by atoms with Crippen molar-refractivity contribution < 1.29 is 13.8 Å². The van der Waals surface area contributed by atoms with Gasteiger partial charge in [0.25, 0.3) is 5.91 Å². The molecule has 5 nitrogen and oxygen atoms in total. The lowest BCUT2D eigenvalue weighted by atomic mass is 10.1. The summed E-state index contributed by atoms with van der Waals surface area (Å²) in [5.74, 6) is 5.25. The fourth-order valence-corrected chi connectivity index (χ4v) is 3.03. The minimum Gasteiger partial charge on any atom is -0.440 e. The van der Waals surface area contributed by atoms with Crippen LogP contribution in [0, 0.1) is 11.8 Å². The number of hydrogen-bond donors (Lipinski definition) is 0. The molecule has 0 saturated carbocycles. The third-order valence-corrected chi connectivity index (χ3v) is 4.75. The fraction of sp³-hybridized carbons (Fsp3) is 0.0455. The molecule has 0 N–H and O–H groups in total. The van der Waals surface area contributed by atoms with Crippen LogP contribution >= 0.6 is 0 Å². The van der Waals surface area contributed by atoms with Gasteiger partial charge in [0.2, 0.25) is 0 Å². The summed E-state index contributed by atoms with van der Waals surface area (Å²) in [6, 6.07) is 17.0. The molecule has 0 aliphatic rings. The molecular weight excluding hydrogens is 372 g/mol. The van der Waals surface area contributed by atoms with E-state index in [0.29, 0.717) is 16.0 Å². The second-order valence-corrected chi connectivity index (χ2v) is 6.96. The highest BCUT2D eigenvalue weighted by atomic mass is 32.2. The molecule has 138 valence electrons. The van der Waals surface area contributed by atoms with Crippen molar-refractivity contribution in [3.8, 4) is 11.8 Å². The second-order valence-electron chi connectivity index (χ2n) is 5.80. The maximum Gasteiger partial charge on any atom is 0.255 e. The van der Waals surface area contributed by atoms with E-state index in [4.69, 9.17) is 0 Å². The van der Waals surface area contributed by atoms with Crippen LogP contribution < -0.4 is 0 Å². The van der Waals surface area contributed by atoms with Crippen LogP contribution in [-0.2, 0) is 14.8 Å². The lowest BCUT2D eigenvalue weighted by molar-refractivity contribution is 0.0999. The fourth-order valence-electron chi connectivity index (χ4n) is 2.28. The predicted octanol–water partition coefficient (Wildman–Crippen LogP) is 4.03. The van der Waals surface area contributed by atoms with E-state index in [1.807, 2.05) is 0 Å². The van der Waals surface area contributed by atoms with Crippen LogP contribution in [0.5, 0.6) is 0 Å². The monoisotopic (exact) mass is 387 g/mol. The Balaban J connectivity index is 1.80. The van der Waals surface area contributed by atoms with E-state index in [1.165, 1.54) is 19.3 Å². The van der Waals surface area contributed by atoms with E-state index in [-0.39, 0.29) is 11.3 Å². The molecule has 0 fully saturated rings. The number of Topliss-reactive ketones (excluding diaryl/α,β-unsaturated/α-hetero) is 1. The Bertz CT molecular complexity index is 1170. The summed E-state index contributed by atoms with van der Waals surface area (Å²) in [7, 11) is -1.78. The van der Waals surface area contributed by atoms with Gasteiger partial charge in [-0.3, -0.25) is 14.6 Å². The van der Waals surface area contributed by atoms with Gasteiger partial charge in [0, 0.05) is 29.1 Å². The van der Waals surface area contributed by atoms with Crippen molar-refractivity contribution in [1.29, 1.82) is 0 Å². The molecule has 0 spiro atoms. The van der Waals surface area contributed by atoms with Crippen molar-refractivity contribution in [3.05, 3.63) is 95.3 Å². The topological polar surface area (TPSA) is 76.5 Å². The Labute approximate surface area is 164 Å². The molecule has 1 heterocycles. The number of carbonyl (C=O) groups is 2. The summed E-state index contributed by atoms with van der Waals surface area (Å²) in [6.07, 6.45) is 2.89. The summed E-state index contributed by atoms with van der Waals surface area (Å²) in [5.41, 5.74) is 2.09. The molecule has 1 amide bonds. The number of nitrogens with zero attached hydrogens (tertiary/aromatic N) is 2. The normalized spacial score (nSPS) is 11.3. The van der Waals surface area contributed by atoms with Crippen molar-refractivity contribution in [1.82, 2.24) is 4.98 Å². The molecule has 0 aliphatic carbocycles. The van der Waals surface area contributed by atoms with Crippen LogP contribution in [0.2, 0.25) is 0 Å². The number of benzene rings is 2. The third-order valence-electron chi connectivity index (χ3n) is 3.74. The summed E-state index contributed by atoms with van der Waals surface area (Å²) in [6.45, 7) is 1.50. The van der Waals surface area contributed by atoms with E-state index in [0.717, 1.165) is 5.56 Å². The molecule has 6 heteroatoms. The Morgan fingerprint density at radius 2 is 1.57 bits per heavy atom. The number of carbonyl (C=O) groups excluding carboxylic acids is 2. The van der Waals surface area contributed by atoms with Crippen molar-refractivity contribution in [3.63, 3.8) is 0 Å². The number of rotatable bonds is 3. The minimum absolute atomic E-state index is 0.00781. The first-order chi connectivity index (χ1) is 13.5. The third kappa shape index (κ3) is 5.00. The molecule has 0 radical (unpaired) electrons. The summed E-state index contributed by atoms with van der Waals surface area (Å²) in [5, 5.41) is 0. The van der Waals surface area contributed by atoms with Gasteiger partial charge in [-0.15, -0.1) is 0 Å². The first-order valence-corrected chi connectivity index (χ1v) is 9.45. The highest BCUT2D eigenvalue weighted by Crippen LogP contribution is 2.08. The summed E-state index contributed by atoms with van der Waals surface area (Å²) in [4.78, 5) is 28.0. The van der Waals surface area contributed by atoms with Crippen molar-refractivity contribution in [2.75, 3.05) is 0 Å². The Hall–Kier alpha value is -3.56. The average molecular weight is 387 g/mol. The number of amides is 1. The molecule has 3 aromatic rings. The molecule has 0 aliphatic heterocycles. The largest absolute Gasteiger partial charge is 0.440 e. The summed E-state index contributed by atoms with van der Waals surface area (Å²) < 4.78 is 15.9. The Kier molecular flexibility index (Phi) is 6.10. The van der Waals surface area contributed by atoms with Crippen molar-refractivity contribution >= 4 is 22.3 Å². The van der Waals surface area contributed by atoms with E-state index in [1.54, 1.807) is 60.7 Å². The molecule has 2 aromatic carbocycles. The quantitative estimate of drug-likeness (QED) is 0.386. The van der Waals surface area contributed by atoms with E-state index >= 15 is 0 Å². The highest BCUT2D eigenvalue weighted by molar-refractivity contribution is 7.75. The number of ketones is 1. The number of hydrogen-bond acceptors (Lipinski definition) is 5. The summed E-state index contributed by atoms with van der Waals surface area (Å²) >= 11 is 0. The van der Waals surface area contributed by atoms with Crippen LogP contribution in [-0.4, -0.2) is 16.7 Å². The first kappa shape index (κ1) is 19.2. The first-order valence-electron chi connectivity index (χ1n) is 8.34. The van der Waals surface area contributed by atoms with Crippen LogP contribution in [0.25, 0.3) is 0 Å². The molecule has 1 aromatic heterocycles. The molecule has 0 saturated heterocycles. The second kappa shape index (κ2) is 8.89. The number of pyridine rings is 1. The lowest BCUT2D eigenvalue weighted by Gasteiger charge is -2.04. The molecular formula is C22H15N2O3S-. The van der Waals surface area contributed by atoms with E-state index < -0.39 is 16.5 Å². The van der Waals surface area contributed by atoms with E-state index in [2.05, 4.69) is 21.2 Å².